The van der Waals surface area contributed by atoms with Gasteiger partial charge in [0.2, 0.25) is 0 Å². The molecule has 1 rings (SSSR count). The van der Waals surface area contributed by atoms with E-state index in [-0.39, 0.29) is 10.8 Å². The van der Waals surface area contributed by atoms with E-state index in [2.05, 4.69) is 4.84 Å². The molecule has 0 aliphatic rings. The smallest absolute Gasteiger partial charge is 0.356 e. The van der Waals surface area contributed by atoms with Gasteiger partial charge in [-0.1, -0.05) is 6.07 Å². The summed E-state index contributed by atoms with van der Waals surface area (Å²) in [6.07, 6.45) is 2.10. The fourth-order valence-corrected chi connectivity index (χ4v) is 1.54. The number of aliphatic hydroxyl groups excluding tert-OH is 1. The van der Waals surface area contributed by atoms with Crippen LogP contribution in [0.5, 0.6) is 11.5 Å². The average molecular weight is 325 g/mol. The number of amides is 1. The van der Waals surface area contributed by atoms with Gasteiger partial charge in [0.15, 0.2) is 17.5 Å². The molecule has 23 heavy (non-hydrogen) atoms. The second-order valence-electron chi connectivity index (χ2n) is 4.37. The third kappa shape index (κ3) is 5.00. The maximum atomic E-state index is 11.6. The number of aromatic hydroxyl groups is 2. The van der Waals surface area contributed by atoms with E-state index < -0.39 is 36.2 Å². The normalized spacial score (nSPS) is 11.9. The monoisotopic (exact) mass is 325 g/mol. The number of carboxylic acid groups (broad SMARTS) is 1. The first-order valence-corrected chi connectivity index (χ1v) is 6.31. The summed E-state index contributed by atoms with van der Waals surface area (Å²) in [7, 11) is 0. The summed E-state index contributed by atoms with van der Waals surface area (Å²) in [4.78, 5) is 38.5. The molecular weight excluding hydrogens is 310 g/mol. The minimum absolute atomic E-state index is 0.253. The van der Waals surface area contributed by atoms with Crippen molar-refractivity contribution in [3.63, 3.8) is 0 Å². The number of aliphatic hydroxyl groups is 1. The summed E-state index contributed by atoms with van der Waals surface area (Å²) >= 11 is 0. The number of rotatable bonds is 5. The van der Waals surface area contributed by atoms with Crippen LogP contribution in [0.1, 0.15) is 12.5 Å². The third-order valence-corrected chi connectivity index (χ3v) is 2.65. The van der Waals surface area contributed by atoms with Crippen molar-refractivity contribution in [2.75, 3.05) is 6.61 Å². The predicted molar refractivity (Wildman–Crippen MR) is 75.9 cm³/mol. The highest BCUT2D eigenvalue weighted by atomic mass is 16.7. The molecular formula is C14H15NO8. The summed E-state index contributed by atoms with van der Waals surface area (Å²) in [5.41, 5.74) is 0.351. The highest BCUT2D eigenvalue weighted by Gasteiger charge is 2.30. The minimum Gasteiger partial charge on any atom is -0.504 e. The summed E-state index contributed by atoms with van der Waals surface area (Å²) in [5.74, 6) is -4.21. The largest absolute Gasteiger partial charge is 0.504 e. The lowest BCUT2D eigenvalue weighted by molar-refractivity contribution is -0.208. The second-order valence-corrected chi connectivity index (χ2v) is 4.37. The van der Waals surface area contributed by atoms with Crippen molar-refractivity contribution in [1.82, 2.24) is 5.06 Å². The highest BCUT2D eigenvalue weighted by Crippen LogP contribution is 2.25. The van der Waals surface area contributed by atoms with Gasteiger partial charge in [0, 0.05) is 13.0 Å². The molecule has 4 N–H and O–H groups in total. The average Bonchev–Trinajstić information content (AvgIpc) is 2.47. The Morgan fingerprint density at radius 1 is 1.26 bits per heavy atom. The van der Waals surface area contributed by atoms with Gasteiger partial charge < -0.3 is 25.3 Å². The zero-order chi connectivity index (χ0) is 17.6. The fraction of sp³-hybridized carbons (Fsp3) is 0.214. The van der Waals surface area contributed by atoms with E-state index in [1.807, 2.05) is 0 Å². The molecule has 0 aliphatic heterocycles. The number of benzene rings is 1. The molecule has 0 radical (unpaired) electrons. The Balaban J connectivity index is 2.83. The molecule has 0 spiro atoms. The maximum Gasteiger partial charge on any atom is 0.356 e. The Bertz CT molecular complexity index is 640. The van der Waals surface area contributed by atoms with Gasteiger partial charge >= 0.3 is 11.9 Å². The standard InChI is InChI=1S/C14H15NO8/c1-8(17)15(10(7-16)14(21)22)23-13(20)5-3-9-2-4-11(18)12(19)6-9/h2-6,10,16,18-19H,7H2,1H3,(H,21,22)/b5-3+/t10-/m0/s1. The Morgan fingerprint density at radius 3 is 2.39 bits per heavy atom. The number of carbonyl (C=O) groups is 3. The Hall–Kier alpha value is -3.07. The first kappa shape index (κ1) is 18.0. The SMILES string of the molecule is CC(=O)N(OC(=O)/C=C/c1ccc(O)c(O)c1)[C@@H](CO)C(=O)O. The number of hydroxylamine groups is 2. The van der Waals surface area contributed by atoms with Crippen LogP contribution in [0.15, 0.2) is 24.3 Å². The zero-order valence-corrected chi connectivity index (χ0v) is 12.0. The van der Waals surface area contributed by atoms with Crippen molar-refractivity contribution in [3.05, 3.63) is 29.8 Å². The van der Waals surface area contributed by atoms with Crippen molar-refractivity contribution in [2.45, 2.75) is 13.0 Å². The van der Waals surface area contributed by atoms with Gasteiger partial charge in [0.05, 0.1) is 6.61 Å². The topological polar surface area (TPSA) is 145 Å². The van der Waals surface area contributed by atoms with Gasteiger partial charge in [-0.15, -0.1) is 0 Å². The number of carbonyl (C=O) groups excluding carboxylic acids is 2. The fourth-order valence-electron chi connectivity index (χ4n) is 1.54. The van der Waals surface area contributed by atoms with E-state index in [4.69, 9.17) is 15.3 Å². The summed E-state index contributed by atoms with van der Waals surface area (Å²) in [6, 6.07) is 2.06. The highest BCUT2D eigenvalue weighted by molar-refractivity contribution is 5.89. The van der Waals surface area contributed by atoms with E-state index in [1.165, 1.54) is 24.3 Å². The Morgan fingerprint density at radius 2 is 1.91 bits per heavy atom. The van der Waals surface area contributed by atoms with Crippen molar-refractivity contribution in [1.29, 1.82) is 0 Å². The predicted octanol–water partition coefficient (Wildman–Crippen LogP) is -0.137. The van der Waals surface area contributed by atoms with Crippen molar-refractivity contribution in [2.24, 2.45) is 0 Å². The molecule has 1 aromatic rings. The van der Waals surface area contributed by atoms with E-state index >= 15 is 0 Å². The van der Waals surface area contributed by atoms with Gasteiger partial charge in [0.25, 0.3) is 5.91 Å². The quantitative estimate of drug-likeness (QED) is 0.333. The van der Waals surface area contributed by atoms with Crippen LogP contribution in [0.3, 0.4) is 0 Å². The zero-order valence-electron chi connectivity index (χ0n) is 12.0. The molecule has 0 aromatic heterocycles. The molecule has 1 atom stereocenters. The molecule has 9 nitrogen and oxygen atoms in total. The van der Waals surface area contributed by atoms with Crippen LogP contribution in [0.25, 0.3) is 6.08 Å². The van der Waals surface area contributed by atoms with Crippen molar-refractivity contribution >= 4 is 23.9 Å². The number of aliphatic carboxylic acids is 1. The van der Waals surface area contributed by atoms with Crippen LogP contribution in [-0.4, -0.2) is 56.0 Å². The molecule has 124 valence electrons. The summed E-state index contributed by atoms with van der Waals surface area (Å²) < 4.78 is 0. The lowest BCUT2D eigenvalue weighted by atomic mass is 10.2. The maximum absolute atomic E-state index is 11.6. The Kier molecular flexibility index (Phi) is 6.10. The van der Waals surface area contributed by atoms with Gasteiger partial charge in [-0.25, -0.2) is 9.59 Å². The molecule has 1 aromatic carbocycles. The van der Waals surface area contributed by atoms with Crippen LogP contribution in [-0.2, 0) is 19.2 Å². The van der Waals surface area contributed by atoms with Gasteiger partial charge in [-0.3, -0.25) is 4.79 Å². The van der Waals surface area contributed by atoms with Crippen LogP contribution >= 0.6 is 0 Å². The molecule has 0 fully saturated rings. The van der Waals surface area contributed by atoms with Crippen LogP contribution in [0, 0.1) is 0 Å². The first-order valence-electron chi connectivity index (χ1n) is 6.31. The third-order valence-electron chi connectivity index (χ3n) is 2.65. The van der Waals surface area contributed by atoms with E-state index in [1.54, 1.807) is 0 Å². The van der Waals surface area contributed by atoms with Crippen molar-refractivity contribution < 1.29 is 39.6 Å². The summed E-state index contributed by atoms with van der Waals surface area (Å²) in [6.45, 7) is 0.0400. The van der Waals surface area contributed by atoms with Crippen LogP contribution < -0.4 is 0 Å². The second kappa shape index (κ2) is 7.80. The number of carboxylic acids is 1. The Labute approximate surface area is 130 Å². The first-order chi connectivity index (χ1) is 10.8. The molecule has 0 saturated carbocycles. The molecule has 0 aliphatic carbocycles. The van der Waals surface area contributed by atoms with Crippen molar-refractivity contribution in [3.8, 4) is 11.5 Å². The lowest BCUT2D eigenvalue weighted by Gasteiger charge is -2.23. The number of hydrogen-bond donors (Lipinski definition) is 4. The number of phenols is 2. The van der Waals surface area contributed by atoms with E-state index in [9.17, 15) is 19.5 Å². The molecule has 0 bridgehead atoms. The van der Waals surface area contributed by atoms with Gasteiger partial charge in [0.1, 0.15) is 0 Å². The number of hydrogen-bond acceptors (Lipinski definition) is 7. The molecule has 0 heterocycles. The van der Waals surface area contributed by atoms with E-state index in [0.717, 1.165) is 13.0 Å². The van der Waals surface area contributed by atoms with Gasteiger partial charge in [-0.05, 0) is 23.8 Å². The number of nitrogens with zero attached hydrogens (tertiary/aromatic N) is 1. The van der Waals surface area contributed by atoms with Crippen LogP contribution in [0.4, 0.5) is 0 Å². The van der Waals surface area contributed by atoms with Crippen LogP contribution in [0.2, 0.25) is 0 Å². The van der Waals surface area contributed by atoms with Gasteiger partial charge in [-0.2, -0.15) is 5.06 Å². The molecule has 1 amide bonds. The molecule has 9 heteroatoms. The number of phenolic OH excluding ortho intramolecular Hbond substituents is 2. The minimum atomic E-state index is -1.72. The lowest BCUT2D eigenvalue weighted by Crippen LogP contribution is -2.47. The summed E-state index contributed by atoms with van der Waals surface area (Å²) in [5, 5.41) is 36.5. The molecule has 0 unspecified atom stereocenters. The molecule has 0 saturated heterocycles. The van der Waals surface area contributed by atoms with E-state index in [0.29, 0.717) is 5.56 Å².